The summed E-state index contributed by atoms with van der Waals surface area (Å²) >= 11 is 0. The molecule has 0 aliphatic heterocycles. The van der Waals surface area contributed by atoms with E-state index in [2.05, 4.69) is 10.3 Å². The average Bonchev–Trinajstić information content (AvgIpc) is 3.21. The zero-order chi connectivity index (χ0) is 19.6. The smallest absolute Gasteiger partial charge is 0.276 e. The van der Waals surface area contributed by atoms with Gasteiger partial charge in [0.25, 0.3) is 5.91 Å². The highest BCUT2D eigenvalue weighted by Crippen LogP contribution is 2.23. The molecule has 2 aromatic heterocycles. The van der Waals surface area contributed by atoms with Gasteiger partial charge in [-0.3, -0.25) is 9.48 Å². The third-order valence-electron chi connectivity index (χ3n) is 4.57. The highest BCUT2D eigenvalue weighted by Gasteiger charge is 2.24. The van der Waals surface area contributed by atoms with Crippen molar-refractivity contribution in [3.05, 3.63) is 64.3 Å². The van der Waals surface area contributed by atoms with Crippen molar-refractivity contribution in [2.75, 3.05) is 7.05 Å². The first-order valence-electron chi connectivity index (χ1n) is 8.74. The Balaban J connectivity index is 1.76. The summed E-state index contributed by atoms with van der Waals surface area (Å²) in [4.78, 5) is 14.5. The van der Waals surface area contributed by atoms with Crippen LogP contribution in [-0.4, -0.2) is 32.8 Å². The Morgan fingerprint density at radius 2 is 2.04 bits per heavy atom. The minimum absolute atomic E-state index is 0.215. The Hall–Kier alpha value is -3.09. The maximum Gasteiger partial charge on any atom is 0.276 e. The van der Waals surface area contributed by atoms with Crippen LogP contribution < -0.4 is 4.74 Å². The number of carbonyl (C=O) groups excluding carboxylic acids is 1. The van der Waals surface area contributed by atoms with Crippen molar-refractivity contribution >= 4 is 5.91 Å². The molecule has 0 bridgehead atoms. The normalized spacial score (nSPS) is 10.9. The number of hydrogen-bond donors (Lipinski definition) is 0. The molecule has 0 fully saturated rings. The summed E-state index contributed by atoms with van der Waals surface area (Å²) in [5, 5.41) is 8.10. The zero-order valence-electron chi connectivity index (χ0n) is 16.3. The van der Waals surface area contributed by atoms with Crippen LogP contribution >= 0.6 is 0 Å². The molecule has 3 aromatic rings. The van der Waals surface area contributed by atoms with Crippen LogP contribution in [0.3, 0.4) is 0 Å². The average molecular weight is 368 g/mol. The molecular weight excluding hydrogens is 344 g/mol. The molecule has 0 N–H and O–H groups in total. The number of ether oxygens (including phenoxy) is 1. The van der Waals surface area contributed by atoms with E-state index in [1.807, 2.05) is 45.2 Å². The molecule has 3 rings (SSSR count). The quantitative estimate of drug-likeness (QED) is 0.668. The first-order valence-corrected chi connectivity index (χ1v) is 8.74. The molecule has 1 amide bonds. The number of nitrogens with zero attached hydrogens (tertiary/aromatic N) is 4. The molecule has 0 atom stereocenters. The van der Waals surface area contributed by atoms with E-state index in [0.29, 0.717) is 17.9 Å². The maximum absolute atomic E-state index is 12.9. The Morgan fingerprint density at radius 3 is 2.74 bits per heavy atom. The number of rotatable bonds is 6. The predicted molar refractivity (Wildman–Crippen MR) is 100 cm³/mol. The highest BCUT2D eigenvalue weighted by atomic mass is 16.5. The number of aryl methyl sites for hydroxylation is 4. The molecule has 7 nitrogen and oxygen atoms in total. The Kier molecular flexibility index (Phi) is 5.30. The second kappa shape index (κ2) is 7.65. The molecule has 0 aliphatic carbocycles. The van der Waals surface area contributed by atoms with Crippen molar-refractivity contribution < 1.29 is 14.1 Å². The predicted octanol–water partition coefficient (Wildman–Crippen LogP) is 3.18. The molecule has 0 aliphatic rings. The minimum Gasteiger partial charge on any atom is -0.488 e. The second-order valence-electron chi connectivity index (χ2n) is 6.73. The van der Waals surface area contributed by atoms with E-state index in [-0.39, 0.29) is 18.2 Å². The molecule has 0 radical (unpaired) electrons. The lowest BCUT2D eigenvalue weighted by Crippen LogP contribution is -2.28. The fraction of sp³-hybridized carbons (Fsp3) is 0.350. The third-order valence-corrected chi connectivity index (χ3v) is 4.57. The van der Waals surface area contributed by atoms with Gasteiger partial charge in [-0.15, -0.1) is 0 Å². The summed E-state index contributed by atoms with van der Waals surface area (Å²) < 4.78 is 13.0. The SMILES string of the molecule is Cc1ccc(C)c(OCc2c(C(=O)N(C)Cc3ccnn3C)noc2C)c1. The molecule has 0 saturated carbocycles. The van der Waals surface area contributed by atoms with Gasteiger partial charge in [0.1, 0.15) is 18.1 Å². The van der Waals surface area contributed by atoms with Crippen LogP contribution in [0, 0.1) is 20.8 Å². The van der Waals surface area contributed by atoms with Gasteiger partial charge in [-0.2, -0.15) is 5.10 Å². The fourth-order valence-electron chi connectivity index (χ4n) is 2.79. The largest absolute Gasteiger partial charge is 0.488 e. The highest BCUT2D eigenvalue weighted by molar-refractivity contribution is 5.93. The van der Waals surface area contributed by atoms with E-state index in [0.717, 1.165) is 22.6 Å². The van der Waals surface area contributed by atoms with E-state index in [1.54, 1.807) is 29.7 Å². The van der Waals surface area contributed by atoms with Gasteiger partial charge >= 0.3 is 0 Å². The molecular formula is C20H24N4O3. The van der Waals surface area contributed by atoms with Gasteiger partial charge in [-0.25, -0.2) is 0 Å². The van der Waals surface area contributed by atoms with Crippen molar-refractivity contribution in [1.82, 2.24) is 19.8 Å². The lowest BCUT2D eigenvalue weighted by atomic mass is 10.1. The van der Waals surface area contributed by atoms with E-state index in [4.69, 9.17) is 9.26 Å². The number of hydrogen-bond acceptors (Lipinski definition) is 5. The molecule has 1 aromatic carbocycles. The van der Waals surface area contributed by atoms with Gasteiger partial charge in [0, 0.05) is 20.3 Å². The van der Waals surface area contributed by atoms with Gasteiger partial charge in [-0.1, -0.05) is 17.3 Å². The van der Waals surface area contributed by atoms with Crippen LogP contribution in [-0.2, 0) is 20.2 Å². The number of benzene rings is 1. The van der Waals surface area contributed by atoms with Crippen molar-refractivity contribution in [2.45, 2.75) is 33.9 Å². The van der Waals surface area contributed by atoms with Gasteiger partial charge in [0.05, 0.1) is 17.8 Å². The Bertz CT molecular complexity index is 958. The van der Waals surface area contributed by atoms with Crippen molar-refractivity contribution in [1.29, 1.82) is 0 Å². The van der Waals surface area contributed by atoms with Crippen LogP contribution in [0.2, 0.25) is 0 Å². The number of aromatic nitrogens is 3. The van der Waals surface area contributed by atoms with Crippen molar-refractivity contribution in [3.8, 4) is 5.75 Å². The topological polar surface area (TPSA) is 73.4 Å². The molecule has 0 saturated heterocycles. The lowest BCUT2D eigenvalue weighted by molar-refractivity contribution is 0.0769. The summed E-state index contributed by atoms with van der Waals surface area (Å²) in [6.07, 6.45) is 1.71. The summed E-state index contributed by atoms with van der Waals surface area (Å²) in [5.74, 6) is 1.16. The van der Waals surface area contributed by atoms with Crippen LogP contribution in [0.4, 0.5) is 0 Å². The molecule has 7 heteroatoms. The lowest BCUT2D eigenvalue weighted by Gasteiger charge is -2.16. The first kappa shape index (κ1) is 18.7. The van der Waals surface area contributed by atoms with Gasteiger partial charge in [-0.05, 0) is 44.0 Å². The van der Waals surface area contributed by atoms with Crippen LogP contribution in [0.1, 0.15) is 38.6 Å². The summed E-state index contributed by atoms with van der Waals surface area (Å²) in [7, 11) is 3.58. The zero-order valence-corrected chi connectivity index (χ0v) is 16.3. The monoisotopic (exact) mass is 368 g/mol. The van der Waals surface area contributed by atoms with Gasteiger partial charge in [0.2, 0.25) is 0 Å². The van der Waals surface area contributed by atoms with Crippen LogP contribution in [0.15, 0.2) is 35.0 Å². The molecule has 2 heterocycles. The van der Waals surface area contributed by atoms with E-state index in [1.165, 1.54) is 0 Å². The number of amides is 1. The Morgan fingerprint density at radius 1 is 1.26 bits per heavy atom. The summed E-state index contributed by atoms with van der Waals surface area (Å²) in [6.45, 7) is 6.44. The minimum atomic E-state index is -0.215. The number of carbonyl (C=O) groups is 1. The molecule has 27 heavy (non-hydrogen) atoms. The van der Waals surface area contributed by atoms with E-state index >= 15 is 0 Å². The van der Waals surface area contributed by atoms with Gasteiger partial charge in [0.15, 0.2) is 5.69 Å². The molecule has 142 valence electrons. The second-order valence-corrected chi connectivity index (χ2v) is 6.73. The summed E-state index contributed by atoms with van der Waals surface area (Å²) in [5.41, 5.74) is 4.03. The van der Waals surface area contributed by atoms with Crippen LogP contribution in [0.5, 0.6) is 5.75 Å². The standard InChI is InChI=1S/C20H24N4O3/c1-13-6-7-14(2)18(10-13)26-12-17-15(3)27-22-19(17)20(25)23(4)11-16-8-9-21-24(16)5/h6-10H,11-12H2,1-5H3. The third kappa shape index (κ3) is 4.02. The first-order chi connectivity index (χ1) is 12.9. The Labute approximate surface area is 158 Å². The van der Waals surface area contributed by atoms with Crippen molar-refractivity contribution in [3.63, 3.8) is 0 Å². The van der Waals surface area contributed by atoms with Crippen LogP contribution in [0.25, 0.3) is 0 Å². The molecule has 0 spiro atoms. The maximum atomic E-state index is 12.9. The fourth-order valence-corrected chi connectivity index (χ4v) is 2.79. The van der Waals surface area contributed by atoms with Gasteiger partial charge < -0.3 is 14.2 Å². The van der Waals surface area contributed by atoms with E-state index < -0.39 is 0 Å². The van der Waals surface area contributed by atoms with Crippen molar-refractivity contribution in [2.24, 2.45) is 7.05 Å². The van der Waals surface area contributed by atoms with E-state index in [9.17, 15) is 4.79 Å². The molecule has 0 unspecified atom stereocenters. The summed E-state index contributed by atoms with van der Waals surface area (Å²) in [6, 6.07) is 7.91.